The van der Waals surface area contributed by atoms with E-state index in [2.05, 4.69) is 22.7 Å². The largest absolute Gasteiger partial charge is 0.368 e. The minimum absolute atomic E-state index is 0.00709. The van der Waals surface area contributed by atoms with Gasteiger partial charge in [0.2, 0.25) is 0 Å². The lowest BCUT2D eigenvalue weighted by Gasteiger charge is -2.11. The Morgan fingerprint density at radius 3 is 2.65 bits per heavy atom. The molecule has 1 unspecified atom stereocenters. The van der Waals surface area contributed by atoms with Gasteiger partial charge >= 0.3 is 0 Å². The third kappa shape index (κ3) is 4.01. The first-order valence-corrected chi connectivity index (χ1v) is 6.46. The molecule has 0 aliphatic heterocycles. The Hall–Kier alpha value is -1.08. The summed E-state index contributed by atoms with van der Waals surface area (Å²) < 4.78 is 26.4. The van der Waals surface area contributed by atoms with Gasteiger partial charge < -0.3 is 10.7 Å². The normalized spacial score (nSPS) is 12.3. The summed E-state index contributed by atoms with van der Waals surface area (Å²) in [5.74, 6) is 3.36. The van der Waals surface area contributed by atoms with Gasteiger partial charge in [-0.05, 0) is 12.7 Å². The van der Waals surface area contributed by atoms with Gasteiger partial charge in [0.25, 0.3) is 0 Å². The minimum Gasteiger partial charge on any atom is -0.368 e. The van der Waals surface area contributed by atoms with E-state index in [-0.39, 0.29) is 11.6 Å². The molecule has 0 amide bonds. The van der Waals surface area contributed by atoms with Crippen molar-refractivity contribution in [3.63, 3.8) is 0 Å². The molecule has 1 rings (SSSR count). The molecule has 96 valence electrons. The van der Waals surface area contributed by atoms with Crippen molar-refractivity contribution in [1.82, 2.24) is 4.98 Å². The van der Waals surface area contributed by atoms with E-state index in [1.807, 2.05) is 6.26 Å². The summed E-state index contributed by atoms with van der Waals surface area (Å²) in [6, 6.07) is 0.753. The van der Waals surface area contributed by atoms with E-state index in [1.54, 1.807) is 11.8 Å². The standard InChI is InChI=1S/C10H16F2N4S/c1-6(17-2)3-4-14-9-7(11)5-8(12)10(15-9)16-13/h5-6H,3-4,13H2,1-2H3,(H2,14,15,16). The summed E-state index contributed by atoms with van der Waals surface area (Å²) in [6.45, 7) is 2.65. The number of hydrogen-bond acceptors (Lipinski definition) is 5. The molecule has 0 aromatic carbocycles. The van der Waals surface area contributed by atoms with Gasteiger partial charge in [-0.25, -0.2) is 19.6 Å². The maximum absolute atomic E-state index is 13.3. The van der Waals surface area contributed by atoms with Crippen LogP contribution in [0.4, 0.5) is 20.4 Å². The van der Waals surface area contributed by atoms with Gasteiger partial charge in [0.1, 0.15) is 0 Å². The first-order chi connectivity index (χ1) is 8.08. The van der Waals surface area contributed by atoms with E-state index in [0.29, 0.717) is 11.8 Å². The zero-order valence-corrected chi connectivity index (χ0v) is 10.6. The molecule has 0 radical (unpaired) electrons. The summed E-state index contributed by atoms with van der Waals surface area (Å²) in [5, 5.41) is 3.29. The van der Waals surface area contributed by atoms with E-state index < -0.39 is 11.6 Å². The average molecular weight is 262 g/mol. The molecule has 0 saturated carbocycles. The molecular weight excluding hydrogens is 246 g/mol. The van der Waals surface area contributed by atoms with Crippen LogP contribution >= 0.6 is 11.8 Å². The van der Waals surface area contributed by atoms with Gasteiger partial charge in [-0.1, -0.05) is 6.92 Å². The van der Waals surface area contributed by atoms with Crippen molar-refractivity contribution in [2.75, 3.05) is 23.5 Å². The van der Waals surface area contributed by atoms with E-state index in [9.17, 15) is 8.78 Å². The number of hydrazine groups is 1. The number of aromatic nitrogens is 1. The predicted molar refractivity (Wildman–Crippen MR) is 68.0 cm³/mol. The molecule has 1 aromatic heterocycles. The molecule has 4 N–H and O–H groups in total. The lowest BCUT2D eigenvalue weighted by atomic mass is 10.3. The fraction of sp³-hybridized carbons (Fsp3) is 0.500. The van der Waals surface area contributed by atoms with Gasteiger partial charge in [0, 0.05) is 17.9 Å². The Morgan fingerprint density at radius 2 is 2.06 bits per heavy atom. The second-order valence-electron chi connectivity index (χ2n) is 3.56. The summed E-state index contributed by atoms with van der Waals surface area (Å²) >= 11 is 1.73. The number of nitrogens with two attached hydrogens (primary N) is 1. The van der Waals surface area contributed by atoms with Crippen LogP contribution in [0.2, 0.25) is 0 Å². The van der Waals surface area contributed by atoms with Crippen molar-refractivity contribution in [3.8, 4) is 0 Å². The van der Waals surface area contributed by atoms with Gasteiger partial charge in [-0.3, -0.25) is 0 Å². The Morgan fingerprint density at radius 1 is 1.41 bits per heavy atom. The predicted octanol–water partition coefficient (Wildman–Crippen LogP) is 2.20. The SMILES string of the molecule is CSC(C)CCNc1nc(NN)c(F)cc1F. The summed E-state index contributed by atoms with van der Waals surface area (Å²) in [6.07, 6.45) is 2.88. The second-order valence-corrected chi connectivity index (χ2v) is 4.83. The van der Waals surface area contributed by atoms with Crippen molar-refractivity contribution in [1.29, 1.82) is 0 Å². The van der Waals surface area contributed by atoms with Crippen LogP contribution in [0.15, 0.2) is 6.07 Å². The van der Waals surface area contributed by atoms with E-state index in [4.69, 9.17) is 5.84 Å². The zero-order chi connectivity index (χ0) is 12.8. The molecule has 0 aliphatic rings. The first kappa shape index (κ1) is 14.0. The highest BCUT2D eigenvalue weighted by atomic mass is 32.2. The third-order valence-corrected chi connectivity index (χ3v) is 3.35. The van der Waals surface area contributed by atoms with Crippen LogP contribution < -0.4 is 16.6 Å². The highest BCUT2D eigenvalue weighted by molar-refractivity contribution is 7.99. The number of halogens is 2. The molecule has 1 atom stereocenters. The minimum atomic E-state index is -0.812. The van der Waals surface area contributed by atoms with Gasteiger partial charge in [0.15, 0.2) is 23.3 Å². The van der Waals surface area contributed by atoms with Gasteiger partial charge in [0.05, 0.1) is 0 Å². The molecule has 1 aromatic rings. The van der Waals surface area contributed by atoms with Crippen molar-refractivity contribution in [2.24, 2.45) is 5.84 Å². The topological polar surface area (TPSA) is 63.0 Å². The molecule has 0 fully saturated rings. The molecule has 0 bridgehead atoms. The van der Waals surface area contributed by atoms with Crippen LogP contribution in [0.1, 0.15) is 13.3 Å². The van der Waals surface area contributed by atoms with Crippen molar-refractivity contribution in [3.05, 3.63) is 17.7 Å². The zero-order valence-electron chi connectivity index (χ0n) is 9.76. The number of rotatable bonds is 6. The van der Waals surface area contributed by atoms with Crippen LogP contribution in [0.25, 0.3) is 0 Å². The number of nitrogens with one attached hydrogen (secondary N) is 2. The fourth-order valence-electron chi connectivity index (χ4n) is 1.20. The van der Waals surface area contributed by atoms with Crippen molar-refractivity contribution < 1.29 is 8.78 Å². The number of hydrogen-bond donors (Lipinski definition) is 3. The third-order valence-electron chi connectivity index (χ3n) is 2.31. The molecule has 0 aliphatic carbocycles. The van der Waals surface area contributed by atoms with Crippen LogP contribution in [-0.4, -0.2) is 23.0 Å². The average Bonchev–Trinajstić information content (AvgIpc) is 2.31. The number of thioether (sulfide) groups is 1. The summed E-state index contributed by atoms with van der Waals surface area (Å²) in [5.41, 5.74) is 2.08. The van der Waals surface area contributed by atoms with Gasteiger partial charge in [-0.2, -0.15) is 11.8 Å². The molecule has 1 heterocycles. The second kappa shape index (κ2) is 6.61. The maximum Gasteiger partial charge on any atom is 0.178 e. The highest BCUT2D eigenvalue weighted by Crippen LogP contribution is 2.18. The molecule has 17 heavy (non-hydrogen) atoms. The monoisotopic (exact) mass is 262 g/mol. The first-order valence-electron chi connectivity index (χ1n) is 5.17. The number of nitrogens with zero attached hydrogens (tertiary/aromatic N) is 1. The quantitative estimate of drug-likeness (QED) is 0.542. The highest BCUT2D eigenvalue weighted by Gasteiger charge is 2.10. The maximum atomic E-state index is 13.3. The fourth-order valence-corrected chi connectivity index (χ4v) is 1.56. The lowest BCUT2D eigenvalue weighted by molar-refractivity contribution is 0.578. The van der Waals surface area contributed by atoms with E-state index in [0.717, 1.165) is 12.5 Å². The molecular formula is C10H16F2N4S. The summed E-state index contributed by atoms with van der Waals surface area (Å²) in [7, 11) is 0. The Labute approximate surface area is 103 Å². The van der Waals surface area contributed by atoms with Gasteiger partial charge in [-0.15, -0.1) is 0 Å². The van der Waals surface area contributed by atoms with Crippen LogP contribution in [0.5, 0.6) is 0 Å². The van der Waals surface area contributed by atoms with Crippen LogP contribution in [-0.2, 0) is 0 Å². The molecule has 4 nitrogen and oxygen atoms in total. The Balaban J connectivity index is 2.64. The lowest BCUT2D eigenvalue weighted by Crippen LogP contribution is -2.14. The Bertz CT molecular complexity index is 376. The summed E-state index contributed by atoms with van der Waals surface area (Å²) in [4.78, 5) is 3.71. The van der Waals surface area contributed by atoms with Crippen molar-refractivity contribution >= 4 is 23.4 Å². The van der Waals surface area contributed by atoms with E-state index >= 15 is 0 Å². The smallest absolute Gasteiger partial charge is 0.178 e. The number of nitrogen functional groups attached to an aromatic ring is 1. The Kier molecular flexibility index (Phi) is 5.43. The number of pyridine rings is 1. The van der Waals surface area contributed by atoms with Crippen LogP contribution in [0.3, 0.4) is 0 Å². The number of anilines is 2. The molecule has 0 saturated heterocycles. The molecule has 0 spiro atoms. The van der Waals surface area contributed by atoms with Crippen LogP contribution in [0, 0.1) is 11.6 Å². The van der Waals surface area contributed by atoms with E-state index in [1.165, 1.54) is 0 Å². The van der Waals surface area contributed by atoms with Crippen molar-refractivity contribution in [2.45, 2.75) is 18.6 Å². The molecule has 7 heteroatoms.